The number of carboxylic acids is 1. The average Bonchev–Trinajstić information content (AvgIpc) is 2.53. The first-order valence-electron chi connectivity index (χ1n) is 8.18. The van der Waals surface area contributed by atoms with Crippen LogP contribution in [0.3, 0.4) is 0 Å². The summed E-state index contributed by atoms with van der Waals surface area (Å²) in [5, 5.41) is 9.05. The molecule has 0 aliphatic rings. The van der Waals surface area contributed by atoms with Crippen molar-refractivity contribution in [1.82, 2.24) is 0 Å². The van der Waals surface area contributed by atoms with E-state index in [9.17, 15) is 19.0 Å². The number of benzene rings is 1. The van der Waals surface area contributed by atoms with E-state index in [4.69, 9.17) is 15.4 Å². The highest BCUT2D eigenvalue weighted by molar-refractivity contribution is 7.52. The van der Waals surface area contributed by atoms with Gasteiger partial charge in [-0.3, -0.25) is 18.7 Å². The maximum absolute atomic E-state index is 12.3. The largest absolute Gasteiger partial charge is 0.481 e. The number of carboxylic acid groups (broad SMARTS) is 1. The number of aryl methyl sites for hydroxylation is 1. The van der Waals surface area contributed by atoms with Crippen LogP contribution >= 0.6 is 7.60 Å². The fourth-order valence-electron chi connectivity index (χ4n) is 2.40. The Balaban J connectivity index is 2.70. The van der Waals surface area contributed by atoms with Crippen LogP contribution in [0.1, 0.15) is 25.8 Å². The van der Waals surface area contributed by atoms with Crippen LogP contribution in [0.15, 0.2) is 30.3 Å². The summed E-state index contributed by atoms with van der Waals surface area (Å²) in [5.41, 5.74) is 6.37. The molecule has 0 saturated heterocycles. The molecule has 7 nitrogen and oxygen atoms in total. The molecule has 0 aliphatic carbocycles. The standard InChI is InChI=1S/C17H26NO6P/c1-12(2)16(15(19)14(11-18)17(20)21)24-25(22,23)10-6-9-13-7-4-3-5-8-13/h3-5,7-8,12,14,16H,6,9-11,18H2,1-2H3,(H,20,21)(H,22,23). The fourth-order valence-corrected chi connectivity index (χ4v) is 3.76. The molecule has 0 aromatic heterocycles. The van der Waals surface area contributed by atoms with E-state index < -0.39 is 37.3 Å². The molecular weight excluding hydrogens is 345 g/mol. The third-order valence-electron chi connectivity index (χ3n) is 3.79. The number of nitrogens with two attached hydrogens (primary N) is 1. The van der Waals surface area contributed by atoms with Gasteiger partial charge in [-0.15, -0.1) is 0 Å². The number of Topliss-reactive ketones (excluding diaryl/α,β-unsaturated/α-hetero) is 1. The number of aliphatic carboxylic acids is 1. The minimum atomic E-state index is -4.03. The van der Waals surface area contributed by atoms with Crippen molar-refractivity contribution in [2.24, 2.45) is 17.6 Å². The van der Waals surface area contributed by atoms with Crippen LogP contribution < -0.4 is 5.73 Å². The molecule has 0 spiro atoms. The number of rotatable bonds is 11. The number of carbonyl (C=O) groups is 2. The van der Waals surface area contributed by atoms with E-state index >= 15 is 0 Å². The molecule has 0 aliphatic heterocycles. The van der Waals surface area contributed by atoms with Crippen molar-refractivity contribution in [2.45, 2.75) is 32.8 Å². The number of ketones is 1. The fraction of sp³-hybridized carbons (Fsp3) is 0.529. The molecule has 4 N–H and O–H groups in total. The summed E-state index contributed by atoms with van der Waals surface area (Å²) < 4.78 is 17.5. The Hall–Kier alpha value is -1.53. The zero-order valence-electron chi connectivity index (χ0n) is 14.5. The van der Waals surface area contributed by atoms with Crippen LogP contribution in [0.4, 0.5) is 0 Å². The van der Waals surface area contributed by atoms with Crippen LogP contribution in [-0.4, -0.2) is 40.6 Å². The van der Waals surface area contributed by atoms with E-state index in [0.29, 0.717) is 12.8 Å². The van der Waals surface area contributed by atoms with Crippen LogP contribution in [0, 0.1) is 11.8 Å². The van der Waals surface area contributed by atoms with Gasteiger partial charge in [0, 0.05) is 6.54 Å². The highest BCUT2D eigenvalue weighted by Crippen LogP contribution is 2.45. The molecule has 0 amide bonds. The zero-order valence-corrected chi connectivity index (χ0v) is 15.4. The molecule has 3 atom stereocenters. The first-order valence-corrected chi connectivity index (χ1v) is 9.95. The third kappa shape index (κ3) is 7.08. The smallest absolute Gasteiger partial charge is 0.328 e. The van der Waals surface area contributed by atoms with Gasteiger partial charge in [-0.25, -0.2) is 0 Å². The van der Waals surface area contributed by atoms with Crippen molar-refractivity contribution in [2.75, 3.05) is 12.7 Å². The summed E-state index contributed by atoms with van der Waals surface area (Å²) in [6.07, 6.45) is -0.373. The second kappa shape index (κ2) is 9.82. The maximum atomic E-state index is 12.3. The topological polar surface area (TPSA) is 127 Å². The predicted molar refractivity (Wildman–Crippen MR) is 94.4 cm³/mol. The highest BCUT2D eigenvalue weighted by Gasteiger charge is 2.37. The average molecular weight is 371 g/mol. The Labute approximate surface area is 147 Å². The van der Waals surface area contributed by atoms with Crippen LogP contribution in [0.2, 0.25) is 0 Å². The minimum Gasteiger partial charge on any atom is -0.481 e. The molecule has 0 radical (unpaired) electrons. The predicted octanol–water partition coefficient (Wildman–Crippen LogP) is 2.07. The van der Waals surface area contributed by atoms with Gasteiger partial charge >= 0.3 is 13.6 Å². The van der Waals surface area contributed by atoms with Gasteiger partial charge in [0.25, 0.3) is 0 Å². The molecular formula is C17H26NO6P. The summed E-state index contributed by atoms with van der Waals surface area (Å²) in [6, 6.07) is 9.50. The Morgan fingerprint density at radius 3 is 2.32 bits per heavy atom. The molecule has 3 unspecified atom stereocenters. The van der Waals surface area contributed by atoms with Crippen molar-refractivity contribution in [3.63, 3.8) is 0 Å². The quantitative estimate of drug-likeness (QED) is 0.401. The summed E-state index contributed by atoms with van der Waals surface area (Å²) in [5.74, 6) is -4.03. The molecule has 1 aromatic rings. The summed E-state index contributed by atoms with van der Waals surface area (Å²) in [7, 11) is -4.03. The van der Waals surface area contributed by atoms with Gasteiger partial charge < -0.3 is 15.7 Å². The van der Waals surface area contributed by atoms with Crippen LogP contribution in [0.25, 0.3) is 0 Å². The van der Waals surface area contributed by atoms with E-state index in [-0.39, 0.29) is 12.7 Å². The van der Waals surface area contributed by atoms with Gasteiger partial charge in [-0.1, -0.05) is 44.2 Å². The molecule has 0 heterocycles. The molecule has 1 rings (SSSR count). The molecule has 0 bridgehead atoms. The third-order valence-corrected chi connectivity index (χ3v) is 5.23. The van der Waals surface area contributed by atoms with Crippen LogP contribution in [0.5, 0.6) is 0 Å². The van der Waals surface area contributed by atoms with Gasteiger partial charge in [0.2, 0.25) is 0 Å². The number of hydrogen-bond acceptors (Lipinski definition) is 5. The Kier molecular flexibility index (Phi) is 8.45. The van der Waals surface area contributed by atoms with E-state index in [1.165, 1.54) is 0 Å². The second-order valence-electron chi connectivity index (χ2n) is 6.25. The van der Waals surface area contributed by atoms with Crippen LogP contribution in [-0.2, 0) is 25.1 Å². The molecule has 0 fully saturated rings. The lowest BCUT2D eigenvalue weighted by molar-refractivity contribution is -0.149. The highest BCUT2D eigenvalue weighted by atomic mass is 31.2. The maximum Gasteiger partial charge on any atom is 0.328 e. The SMILES string of the molecule is CC(C)C(OP(=O)(O)CCCc1ccccc1)C(=O)C(CN)C(=O)O. The van der Waals surface area contributed by atoms with E-state index in [1.54, 1.807) is 13.8 Å². The molecule has 25 heavy (non-hydrogen) atoms. The van der Waals surface area contributed by atoms with Gasteiger partial charge in [0.1, 0.15) is 12.0 Å². The summed E-state index contributed by atoms with van der Waals surface area (Å²) in [6.45, 7) is 2.87. The number of hydrogen-bond donors (Lipinski definition) is 3. The number of carbonyl (C=O) groups excluding carboxylic acids is 1. The van der Waals surface area contributed by atoms with Crippen molar-refractivity contribution in [1.29, 1.82) is 0 Å². The Morgan fingerprint density at radius 1 is 1.24 bits per heavy atom. The van der Waals surface area contributed by atoms with Gasteiger partial charge in [-0.05, 0) is 24.3 Å². The van der Waals surface area contributed by atoms with Crippen molar-refractivity contribution in [3.8, 4) is 0 Å². The molecule has 8 heteroatoms. The Bertz CT molecular complexity index is 619. The molecule has 0 saturated carbocycles. The van der Waals surface area contributed by atoms with E-state index in [0.717, 1.165) is 5.56 Å². The Morgan fingerprint density at radius 2 is 1.84 bits per heavy atom. The van der Waals surface area contributed by atoms with Gasteiger partial charge in [0.05, 0.1) is 6.16 Å². The van der Waals surface area contributed by atoms with Gasteiger partial charge in [0.15, 0.2) is 5.78 Å². The molecule has 140 valence electrons. The first-order chi connectivity index (χ1) is 11.7. The monoisotopic (exact) mass is 371 g/mol. The van der Waals surface area contributed by atoms with E-state index in [1.807, 2.05) is 30.3 Å². The zero-order chi connectivity index (χ0) is 19.0. The van der Waals surface area contributed by atoms with E-state index in [2.05, 4.69) is 0 Å². The second-order valence-corrected chi connectivity index (χ2v) is 8.18. The lowest BCUT2D eigenvalue weighted by Gasteiger charge is -2.25. The summed E-state index contributed by atoms with van der Waals surface area (Å²) >= 11 is 0. The normalized spacial score (nSPS) is 16.2. The van der Waals surface area contributed by atoms with Gasteiger partial charge in [-0.2, -0.15) is 0 Å². The lowest BCUT2D eigenvalue weighted by Crippen LogP contribution is -2.41. The lowest BCUT2D eigenvalue weighted by atomic mass is 9.93. The molecule has 1 aromatic carbocycles. The first kappa shape index (κ1) is 21.5. The summed E-state index contributed by atoms with van der Waals surface area (Å²) in [4.78, 5) is 33.5. The van der Waals surface area contributed by atoms with Crippen molar-refractivity contribution < 1.29 is 28.7 Å². The van der Waals surface area contributed by atoms with Crippen molar-refractivity contribution in [3.05, 3.63) is 35.9 Å². The minimum absolute atomic E-state index is 0.112. The van der Waals surface area contributed by atoms with Crippen molar-refractivity contribution >= 4 is 19.3 Å².